The summed E-state index contributed by atoms with van der Waals surface area (Å²) in [6.07, 6.45) is 8.67. The summed E-state index contributed by atoms with van der Waals surface area (Å²) in [5, 5.41) is 3.26. The number of nitrogens with zero attached hydrogens (tertiary/aromatic N) is 1. The second kappa shape index (κ2) is 8.19. The van der Waals surface area contributed by atoms with E-state index in [1.807, 2.05) is 4.90 Å². The molecule has 1 aromatic carbocycles. The fraction of sp³-hybridized carbons (Fsp3) is 0.619. The topological polar surface area (TPSA) is 67.9 Å². The minimum atomic E-state index is -0.00377. The Balaban J connectivity index is 1.29. The first-order valence-corrected chi connectivity index (χ1v) is 10.2. The lowest BCUT2D eigenvalue weighted by Gasteiger charge is -2.32. The maximum atomic E-state index is 12.8. The van der Waals surface area contributed by atoms with Gasteiger partial charge >= 0.3 is 0 Å². The SMILES string of the molecule is O=C(NC1CCCCCC1)C1CCN(C(=O)c2ccc3c(c2)OCO3)CC1. The van der Waals surface area contributed by atoms with E-state index in [1.165, 1.54) is 25.7 Å². The molecule has 0 atom stereocenters. The Labute approximate surface area is 160 Å². The summed E-state index contributed by atoms with van der Waals surface area (Å²) >= 11 is 0. The lowest BCUT2D eigenvalue weighted by molar-refractivity contribution is -0.127. The fourth-order valence-electron chi connectivity index (χ4n) is 4.30. The molecule has 27 heavy (non-hydrogen) atoms. The number of benzene rings is 1. The highest BCUT2D eigenvalue weighted by Gasteiger charge is 2.29. The third kappa shape index (κ3) is 4.20. The van der Waals surface area contributed by atoms with Gasteiger partial charge in [0, 0.05) is 30.6 Å². The van der Waals surface area contributed by atoms with Gasteiger partial charge in [-0.25, -0.2) is 0 Å². The van der Waals surface area contributed by atoms with Gasteiger partial charge in [0.25, 0.3) is 5.91 Å². The molecule has 6 nitrogen and oxygen atoms in total. The summed E-state index contributed by atoms with van der Waals surface area (Å²) in [5.74, 6) is 1.50. The lowest BCUT2D eigenvalue weighted by Crippen LogP contribution is -2.45. The summed E-state index contributed by atoms with van der Waals surface area (Å²) in [5.41, 5.74) is 0.612. The molecule has 0 unspecified atom stereocenters. The number of likely N-dealkylation sites (tertiary alicyclic amines) is 1. The van der Waals surface area contributed by atoms with E-state index in [0.717, 1.165) is 25.7 Å². The number of hydrogen-bond donors (Lipinski definition) is 1. The van der Waals surface area contributed by atoms with Crippen molar-refractivity contribution >= 4 is 11.8 Å². The van der Waals surface area contributed by atoms with E-state index in [-0.39, 0.29) is 24.5 Å². The molecule has 2 aliphatic heterocycles. The summed E-state index contributed by atoms with van der Waals surface area (Å²) in [7, 11) is 0. The Morgan fingerprint density at radius 2 is 1.63 bits per heavy atom. The van der Waals surface area contributed by atoms with Gasteiger partial charge in [0.2, 0.25) is 12.7 Å². The summed E-state index contributed by atoms with van der Waals surface area (Å²) < 4.78 is 10.7. The first kappa shape index (κ1) is 18.1. The normalized spacial score (nSPS) is 21.0. The van der Waals surface area contributed by atoms with Crippen molar-refractivity contribution < 1.29 is 19.1 Å². The zero-order valence-electron chi connectivity index (χ0n) is 15.7. The average Bonchev–Trinajstić information content (AvgIpc) is 3.03. The van der Waals surface area contributed by atoms with E-state index in [2.05, 4.69) is 5.32 Å². The lowest BCUT2D eigenvalue weighted by atomic mass is 9.94. The Bertz CT molecular complexity index is 689. The molecule has 0 radical (unpaired) electrons. The van der Waals surface area contributed by atoms with Gasteiger partial charge in [-0.3, -0.25) is 9.59 Å². The molecular weight excluding hydrogens is 344 g/mol. The van der Waals surface area contributed by atoms with Crippen LogP contribution >= 0.6 is 0 Å². The van der Waals surface area contributed by atoms with E-state index in [0.29, 0.717) is 36.2 Å². The van der Waals surface area contributed by atoms with Crippen LogP contribution in [0.15, 0.2) is 18.2 Å². The van der Waals surface area contributed by atoms with Crippen LogP contribution in [0.5, 0.6) is 11.5 Å². The van der Waals surface area contributed by atoms with Gasteiger partial charge in [-0.2, -0.15) is 0 Å². The largest absolute Gasteiger partial charge is 0.454 e. The van der Waals surface area contributed by atoms with Gasteiger partial charge in [-0.1, -0.05) is 25.7 Å². The average molecular weight is 372 g/mol. The molecule has 4 rings (SSSR count). The molecule has 1 saturated carbocycles. The van der Waals surface area contributed by atoms with Crippen LogP contribution in [0.3, 0.4) is 0 Å². The number of nitrogens with one attached hydrogen (secondary N) is 1. The minimum Gasteiger partial charge on any atom is -0.454 e. The fourth-order valence-corrected chi connectivity index (χ4v) is 4.30. The van der Waals surface area contributed by atoms with Crippen LogP contribution in [0.2, 0.25) is 0 Å². The van der Waals surface area contributed by atoms with Crippen LogP contribution < -0.4 is 14.8 Å². The smallest absolute Gasteiger partial charge is 0.253 e. The van der Waals surface area contributed by atoms with E-state index in [1.54, 1.807) is 18.2 Å². The van der Waals surface area contributed by atoms with Crippen molar-refractivity contribution in [3.8, 4) is 11.5 Å². The molecule has 0 aromatic heterocycles. The number of carbonyl (C=O) groups excluding carboxylic acids is 2. The number of fused-ring (bicyclic) bond motifs is 1. The maximum Gasteiger partial charge on any atom is 0.253 e. The van der Waals surface area contributed by atoms with Crippen molar-refractivity contribution in [1.82, 2.24) is 10.2 Å². The Hall–Kier alpha value is -2.24. The molecule has 1 saturated heterocycles. The molecule has 2 amide bonds. The molecule has 2 fully saturated rings. The van der Waals surface area contributed by atoms with Gasteiger partial charge < -0.3 is 19.7 Å². The van der Waals surface area contributed by atoms with E-state index < -0.39 is 0 Å². The van der Waals surface area contributed by atoms with Crippen LogP contribution in [-0.2, 0) is 4.79 Å². The van der Waals surface area contributed by atoms with Gasteiger partial charge in [0.05, 0.1) is 0 Å². The first-order chi connectivity index (χ1) is 13.2. The quantitative estimate of drug-likeness (QED) is 0.828. The minimum absolute atomic E-state index is 0.00377. The third-order valence-electron chi connectivity index (χ3n) is 5.97. The molecule has 1 aromatic rings. The van der Waals surface area contributed by atoms with Gasteiger partial charge in [-0.15, -0.1) is 0 Å². The van der Waals surface area contributed by atoms with Gasteiger partial charge in [0.15, 0.2) is 11.5 Å². The van der Waals surface area contributed by atoms with E-state index in [4.69, 9.17) is 9.47 Å². The molecule has 0 bridgehead atoms. The monoisotopic (exact) mass is 372 g/mol. The van der Waals surface area contributed by atoms with Crippen LogP contribution in [0.1, 0.15) is 61.7 Å². The van der Waals surface area contributed by atoms with Gasteiger partial charge in [-0.05, 0) is 43.9 Å². The summed E-state index contributed by atoms with van der Waals surface area (Å²) in [6, 6.07) is 5.65. The van der Waals surface area contributed by atoms with Crippen molar-refractivity contribution in [1.29, 1.82) is 0 Å². The van der Waals surface area contributed by atoms with Crippen LogP contribution in [-0.4, -0.2) is 42.6 Å². The van der Waals surface area contributed by atoms with Crippen molar-refractivity contribution in [3.63, 3.8) is 0 Å². The van der Waals surface area contributed by atoms with E-state index >= 15 is 0 Å². The number of carbonyl (C=O) groups is 2. The van der Waals surface area contributed by atoms with Crippen LogP contribution in [0.4, 0.5) is 0 Å². The number of piperidine rings is 1. The van der Waals surface area contributed by atoms with Crippen molar-refractivity contribution in [2.75, 3.05) is 19.9 Å². The molecule has 1 N–H and O–H groups in total. The van der Waals surface area contributed by atoms with E-state index in [9.17, 15) is 9.59 Å². The molecule has 146 valence electrons. The molecule has 6 heteroatoms. The standard InChI is InChI=1S/C21H28N2O4/c24-20(22-17-5-3-1-2-4-6-17)15-9-11-23(12-10-15)21(25)16-7-8-18-19(13-16)27-14-26-18/h7-8,13,15,17H,1-6,9-12,14H2,(H,22,24). The first-order valence-electron chi connectivity index (χ1n) is 10.2. The number of amides is 2. The van der Waals surface area contributed by atoms with Crippen LogP contribution in [0.25, 0.3) is 0 Å². The second-order valence-electron chi connectivity index (χ2n) is 7.83. The van der Waals surface area contributed by atoms with Gasteiger partial charge in [0.1, 0.15) is 0 Å². The van der Waals surface area contributed by atoms with Crippen LogP contribution in [0, 0.1) is 5.92 Å². The van der Waals surface area contributed by atoms with Crippen molar-refractivity contribution in [3.05, 3.63) is 23.8 Å². The summed E-state index contributed by atoms with van der Waals surface area (Å²) in [4.78, 5) is 27.2. The van der Waals surface area contributed by atoms with Crippen molar-refractivity contribution in [2.45, 2.75) is 57.4 Å². The Morgan fingerprint density at radius 3 is 2.37 bits per heavy atom. The number of ether oxygens (including phenoxy) is 2. The highest BCUT2D eigenvalue weighted by Crippen LogP contribution is 2.33. The molecule has 0 spiro atoms. The highest BCUT2D eigenvalue weighted by molar-refractivity contribution is 5.95. The molecule has 2 heterocycles. The van der Waals surface area contributed by atoms with Crippen molar-refractivity contribution in [2.24, 2.45) is 5.92 Å². The zero-order valence-corrected chi connectivity index (χ0v) is 15.7. The third-order valence-corrected chi connectivity index (χ3v) is 5.97. The Morgan fingerprint density at radius 1 is 0.926 bits per heavy atom. The molecule has 3 aliphatic rings. The Kier molecular flexibility index (Phi) is 5.50. The maximum absolute atomic E-state index is 12.8. The second-order valence-corrected chi connectivity index (χ2v) is 7.83. The molecule has 1 aliphatic carbocycles. The number of rotatable bonds is 3. The number of hydrogen-bond acceptors (Lipinski definition) is 4. The summed E-state index contributed by atoms with van der Waals surface area (Å²) in [6.45, 7) is 1.44. The predicted molar refractivity (Wildman–Crippen MR) is 101 cm³/mol. The predicted octanol–water partition coefficient (Wildman–Crippen LogP) is 3.11. The molecular formula is C21H28N2O4. The highest BCUT2D eigenvalue weighted by atomic mass is 16.7. The zero-order chi connectivity index (χ0) is 18.6.